The number of hydrogen-bond acceptors (Lipinski definition) is 7. The number of carboxylic acids is 2. The lowest BCUT2D eigenvalue weighted by Crippen LogP contribution is -2.18. The quantitative estimate of drug-likeness (QED) is 0.301. The van der Waals surface area contributed by atoms with E-state index in [0.717, 1.165) is 29.9 Å². The van der Waals surface area contributed by atoms with Gasteiger partial charge in [-0.15, -0.1) is 0 Å². The van der Waals surface area contributed by atoms with Crippen LogP contribution >= 0.6 is 0 Å². The molecule has 0 spiro atoms. The van der Waals surface area contributed by atoms with Gasteiger partial charge in [0.05, 0.1) is 33.1 Å². The SMILES string of the molecule is COCCNCc1cn(Cc2ccccc2)nc1-c1ccc(OC)c(OC)c1.O=C(O)C(=O)O. The van der Waals surface area contributed by atoms with Crippen LogP contribution in [0.3, 0.4) is 0 Å². The minimum absolute atomic E-state index is 0.670. The van der Waals surface area contributed by atoms with Crippen LogP contribution in [0, 0.1) is 0 Å². The summed E-state index contributed by atoms with van der Waals surface area (Å²) in [6.07, 6.45) is 2.10. The molecule has 34 heavy (non-hydrogen) atoms. The highest BCUT2D eigenvalue weighted by atomic mass is 16.5. The first-order valence-corrected chi connectivity index (χ1v) is 10.4. The number of aromatic nitrogens is 2. The Balaban J connectivity index is 0.000000604. The Labute approximate surface area is 197 Å². The average Bonchev–Trinajstić information content (AvgIpc) is 3.24. The van der Waals surface area contributed by atoms with Gasteiger partial charge in [0.15, 0.2) is 11.5 Å². The third kappa shape index (κ3) is 7.91. The molecule has 0 radical (unpaired) electrons. The van der Waals surface area contributed by atoms with Gasteiger partial charge < -0.3 is 29.7 Å². The van der Waals surface area contributed by atoms with Crippen LogP contribution < -0.4 is 14.8 Å². The average molecular weight is 472 g/mol. The molecule has 1 aromatic heterocycles. The number of nitrogens with zero attached hydrogens (tertiary/aromatic N) is 2. The Hall–Kier alpha value is -3.89. The van der Waals surface area contributed by atoms with E-state index in [4.69, 9.17) is 39.1 Å². The Bertz CT molecular complexity index is 1060. The maximum atomic E-state index is 9.10. The Morgan fingerprint density at radius 3 is 2.24 bits per heavy atom. The third-order valence-corrected chi connectivity index (χ3v) is 4.66. The second kappa shape index (κ2) is 13.6. The first-order valence-electron chi connectivity index (χ1n) is 10.4. The van der Waals surface area contributed by atoms with Crippen molar-refractivity contribution < 1.29 is 34.0 Å². The maximum absolute atomic E-state index is 9.10. The van der Waals surface area contributed by atoms with E-state index in [1.54, 1.807) is 21.3 Å². The summed E-state index contributed by atoms with van der Waals surface area (Å²) in [5.41, 5.74) is 4.26. The van der Waals surface area contributed by atoms with Gasteiger partial charge in [-0.1, -0.05) is 30.3 Å². The summed E-state index contributed by atoms with van der Waals surface area (Å²) in [5, 5.41) is 23.0. The molecule has 10 heteroatoms. The van der Waals surface area contributed by atoms with Gasteiger partial charge in [0.1, 0.15) is 0 Å². The van der Waals surface area contributed by atoms with Crippen LogP contribution in [-0.4, -0.2) is 66.4 Å². The van der Waals surface area contributed by atoms with Crippen LogP contribution in [0.1, 0.15) is 11.1 Å². The number of nitrogens with one attached hydrogen (secondary N) is 1. The highest BCUT2D eigenvalue weighted by Crippen LogP contribution is 2.33. The first kappa shape index (κ1) is 26.4. The van der Waals surface area contributed by atoms with Crippen LogP contribution in [0.25, 0.3) is 11.3 Å². The van der Waals surface area contributed by atoms with Gasteiger partial charge in [0.25, 0.3) is 0 Å². The fraction of sp³-hybridized carbons (Fsp3) is 0.292. The van der Waals surface area contributed by atoms with Crippen molar-refractivity contribution in [3.8, 4) is 22.8 Å². The smallest absolute Gasteiger partial charge is 0.414 e. The summed E-state index contributed by atoms with van der Waals surface area (Å²) in [4.78, 5) is 18.2. The van der Waals surface area contributed by atoms with Gasteiger partial charge in [-0.2, -0.15) is 5.10 Å². The van der Waals surface area contributed by atoms with Gasteiger partial charge in [0, 0.05) is 37.5 Å². The second-order valence-corrected chi connectivity index (χ2v) is 7.04. The maximum Gasteiger partial charge on any atom is 0.414 e. The second-order valence-electron chi connectivity index (χ2n) is 7.04. The molecule has 0 unspecified atom stereocenters. The Kier molecular flexibility index (Phi) is 10.6. The molecular formula is C24H29N3O7. The number of methoxy groups -OCH3 is 3. The van der Waals surface area contributed by atoms with Gasteiger partial charge in [-0.25, -0.2) is 9.59 Å². The standard InChI is InChI=1S/C22H27N3O3.C2H2O4/c1-26-12-11-23-14-19-16-25(15-17-7-5-4-6-8-17)24-22(19)18-9-10-20(27-2)21(13-18)28-3;3-1(4)2(5)6/h4-10,13,16,23H,11-12,14-15H2,1-3H3;(H,3,4)(H,5,6). The number of carboxylic acid groups (broad SMARTS) is 2. The van der Waals surface area contributed by atoms with E-state index in [2.05, 4.69) is 23.6 Å². The third-order valence-electron chi connectivity index (χ3n) is 4.66. The molecule has 0 bridgehead atoms. The number of ether oxygens (including phenoxy) is 3. The molecule has 182 valence electrons. The van der Waals surface area contributed by atoms with Gasteiger partial charge in [-0.05, 0) is 23.8 Å². The first-order chi connectivity index (χ1) is 16.4. The molecule has 3 aromatic rings. The van der Waals surface area contributed by atoms with Crippen molar-refractivity contribution in [3.63, 3.8) is 0 Å². The van der Waals surface area contributed by atoms with Gasteiger partial charge >= 0.3 is 11.9 Å². The van der Waals surface area contributed by atoms with Crippen LogP contribution in [0.4, 0.5) is 0 Å². The van der Waals surface area contributed by atoms with E-state index in [0.29, 0.717) is 24.7 Å². The van der Waals surface area contributed by atoms with Crippen molar-refractivity contribution >= 4 is 11.9 Å². The summed E-state index contributed by atoms with van der Waals surface area (Å²) in [6, 6.07) is 16.2. The molecule has 0 atom stereocenters. The zero-order valence-electron chi connectivity index (χ0n) is 19.4. The van der Waals surface area contributed by atoms with E-state index in [1.807, 2.05) is 41.1 Å². The molecule has 0 aliphatic carbocycles. The van der Waals surface area contributed by atoms with Crippen molar-refractivity contribution in [1.29, 1.82) is 0 Å². The van der Waals surface area contributed by atoms with E-state index < -0.39 is 11.9 Å². The Morgan fingerprint density at radius 2 is 1.65 bits per heavy atom. The van der Waals surface area contributed by atoms with E-state index in [9.17, 15) is 0 Å². The molecule has 0 fully saturated rings. The van der Waals surface area contributed by atoms with Crippen molar-refractivity contribution in [2.24, 2.45) is 0 Å². The van der Waals surface area contributed by atoms with Crippen molar-refractivity contribution in [1.82, 2.24) is 15.1 Å². The van der Waals surface area contributed by atoms with E-state index in [-0.39, 0.29) is 0 Å². The molecule has 2 aromatic carbocycles. The predicted octanol–water partition coefficient (Wildman–Crippen LogP) is 2.51. The van der Waals surface area contributed by atoms with Crippen LogP contribution in [0.5, 0.6) is 11.5 Å². The Morgan fingerprint density at radius 1 is 0.971 bits per heavy atom. The lowest BCUT2D eigenvalue weighted by Gasteiger charge is -2.10. The fourth-order valence-electron chi connectivity index (χ4n) is 3.07. The predicted molar refractivity (Wildman–Crippen MR) is 125 cm³/mol. The summed E-state index contributed by atoms with van der Waals surface area (Å²) in [7, 11) is 4.98. The summed E-state index contributed by atoms with van der Waals surface area (Å²) in [5.74, 6) is -2.25. The molecule has 0 amide bonds. The van der Waals surface area contributed by atoms with Crippen LogP contribution in [-0.2, 0) is 27.4 Å². The van der Waals surface area contributed by atoms with Crippen molar-refractivity contribution in [2.75, 3.05) is 34.5 Å². The lowest BCUT2D eigenvalue weighted by molar-refractivity contribution is -0.159. The van der Waals surface area contributed by atoms with Crippen molar-refractivity contribution in [2.45, 2.75) is 13.1 Å². The monoisotopic (exact) mass is 471 g/mol. The number of carbonyl (C=O) groups is 2. The molecule has 0 aliphatic heterocycles. The van der Waals surface area contributed by atoms with Crippen molar-refractivity contribution in [3.05, 3.63) is 65.9 Å². The topological polar surface area (TPSA) is 132 Å². The highest BCUT2D eigenvalue weighted by Gasteiger charge is 2.14. The minimum atomic E-state index is -1.82. The molecule has 0 aliphatic rings. The molecule has 3 N–H and O–H groups in total. The molecule has 3 rings (SSSR count). The fourth-order valence-corrected chi connectivity index (χ4v) is 3.07. The molecule has 0 saturated heterocycles. The zero-order valence-corrected chi connectivity index (χ0v) is 19.4. The normalized spacial score (nSPS) is 10.2. The van der Waals surface area contributed by atoms with Crippen LogP contribution in [0.15, 0.2) is 54.7 Å². The summed E-state index contributed by atoms with van der Waals surface area (Å²) >= 11 is 0. The summed E-state index contributed by atoms with van der Waals surface area (Å²) in [6.45, 7) is 2.89. The van der Waals surface area contributed by atoms with Gasteiger partial charge in [-0.3, -0.25) is 4.68 Å². The number of aliphatic carboxylic acids is 2. The largest absolute Gasteiger partial charge is 0.493 e. The number of hydrogen-bond donors (Lipinski definition) is 3. The van der Waals surface area contributed by atoms with Gasteiger partial charge in [0.2, 0.25) is 0 Å². The molecule has 1 heterocycles. The molecule has 0 saturated carbocycles. The molecule has 10 nitrogen and oxygen atoms in total. The van der Waals surface area contributed by atoms with E-state index >= 15 is 0 Å². The van der Waals surface area contributed by atoms with E-state index in [1.165, 1.54) is 5.56 Å². The highest BCUT2D eigenvalue weighted by molar-refractivity contribution is 6.27. The minimum Gasteiger partial charge on any atom is -0.493 e. The lowest BCUT2D eigenvalue weighted by atomic mass is 10.1. The zero-order chi connectivity index (χ0) is 24.9. The summed E-state index contributed by atoms with van der Waals surface area (Å²) < 4.78 is 17.9. The number of rotatable bonds is 10. The van der Waals surface area contributed by atoms with Crippen LogP contribution in [0.2, 0.25) is 0 Å². The number of benzene rings is 2. The molecular weight excluding hydrogens is 442 g/mol.